The van der Waals surface area contributed by atoms with Gasteiger partial charge in [-0.05, 0) is 50.6 Å². The fourth-order valence-corrected chi connectivity index (χ4v) is 3.68. The number of ketones is 1. The van der Waals surface area contributed by atoms with Crippen LogP contribution in [0.5, 0.6) is 11.5 Å². The number of aliphatic hydroxyl groups excluding tert-OH is 1. The van der Waals surface area contributed by atoms with Crippen LogP contribution in [0.2, 0.25) is 0 Å². The Hall–Kier alpha value is -3.32. The van der Waals surface area contributed by atoms with Crippen molar-refractivity contribution in [2.24, 2.45) is 0 Å². The molecule has 1 unspecified atom stereocenters. The van der Waals surface area contributed by atoms with E-state index in [0.29, 0.717) is 29.2 Å². The predicted octanol–water partition coefficient (Wildman–Crippen LogP) is 3.94. The maximum Gasteiger partial charge on any atom is 0.295 e. The van der Waals surface area contributed by atoms with Gasteiger partial charge >= 0.3 is 0 Å². The first-order valence-electron chi connectivity index (χ1n) is 10.6. The third kappa shape index (κ3) is 4.94. The summed E-state index contributed by atoms with van der Waals surface area (Å²) >= 11 is 0. The summed E-state index contributed by atoms with van der Waals surface area (Å²) in [6, 6.07) is 13.2. The van der Waals surface area contributed by atoms with Gasteiger partial charge in [0.25, 0.3) is 11.7 Å². The standard InChI is InChI=1S/C25H29NO6/c1-5-31-19-11-9-17(10-12-19)22-21(23(27)18-7-6-8-20(15-18)30-4)24(28)25(29)26(22)13-14-32-16(2)3/h6-12,15-16,22,27H,5,13-14H2,1-4H3/b23-21-. The van der Waals surface area contributed by atoms with Crippen molar-refractivity contribution in [2.45, 2.75) is 32.9 Å². The molecule has 1 fully saturated rings. The topological polar surface area (TPSA) is 85.3 Å². The van der Waals surface area contributed by atoms with Gasteiger partial charge in [0.05, 0.1) is 38.0 Å². The number of amides is 1. The van der Waals surface area contributed by atoms with Crippen molar-refractivity contribution < 1.29 is 28.9 Å². The summed E-state index contributed by atoms with van der Waals surface area (Å²) in [4.78, 5) is 27.4. The van der Waals surface area contributed by atoms with Crippen molar-refractivity contribution in [3.05, 3.63) is 65.2 Å². The smallest absolute Gasteiger partial charge is 0.295 e. The van der Waals surface area contributed by atoms with Crippen LogP contribution < -0.4 is 9.47 Å². The molecular weight excluding hydrogens is 410 g/mol. The summed E-state index contributed by atoms with van der Waals surface area (Å²) in [5.41, 5.74) is 1.13. The molecule has 7 heteroatoms. The molecule has 2 aromatic rings. The molecule has 1 N–H and O–H groups in total. The number of Topliss-reactive ketones (excluding diaryl/α,β-unsaturated/α-hetero) is 1. The summed E-state index contributed by atoms with van der Waals surface area (Å²) in [6.07, 6.45) is -0.00692. The van der Waals surface area contributed by atoms with Gasteiger partial charge in [-0.25, -0.2) is 0 Å². The van der Waals surface area contributed by atoms with Crippen LogP contribution in [0.4, 0.5) is 0 Å². The summed E-state index contributed by atoms with van der Waals surface area (Å²) in [5, 5.41) is 11.1. The minimum absolute atomic E-state index is 0.00692. The molecule has 1 amide bonds. The number of aliphatic hydroxyl groups is 1. The molecule has 0 aromatic heterocycles. The third-order valence-corrected chi connectivity index (χ3v) is 5.17. The second kappa shape index (κ2) is 10.3. The van der Waals surface area contributed by atoms with Crippen molar-refractivity contribution in [3.8, 4) is 11.5 Å². The van der Waals surface area contributed by atoms with Gasteiger partial charge in [0.2, 0.25) is 0 Å². The highest BCUT2D eigenvalue weighted by molar-refractivity contribution is 6.46. The Kier molecular flexibility index (Phi) is 7.53. The zero-order valence-electron chi connectivity index (χ0n) is 18.8. The van der Waals surface area contributed by atoms with Crippen molar-refractivity contribution in [1.82, 2.24) is 4.90 Å². The average Bonchev–Trinajstić information content (AvgIpc) is 3.04. The van der Waals surface area contributed by atoms with Gasteiger partial charge in [0.15, 0.2) is 0 Å². The third-order valence-electron chi connectivity index (χ3n) is 5.17. The van der Waals surface area contributed by atoms with E-state index in [-0.39, 0.29) is 30.6 Å². The van der Waals surface area contributed by atoms with E-state index in [1.165, 1.54) is 12.0 Å². The van der Waals surface area contributed by atoms with E-state index in [1.54, 1.807) is 48.5 Å². The van der Waals surface area contributed by atoms with Gasteiger partial charge in [0, 0.05) is 12.1 Å². The number of nitrogens with zero attached hydrogens (tertiary/aromatic N) is 1. The molecule has 0 spiro atoms. The predicted molar refractivity (Wildman–Crippen MR) is 121 cm³/mol. The molecule has 2 aromatic carbocycles. The lowest BCUT2D eigenvalue weighted by Crippen LogP contribution is -2.33. The fourth-order valence-electron chi connectivity index (χ4n) is 3.68. The number of rotatable bonds is 9. The number of carbonyl (C=O) groups excluding carboxylic acids is 2. The second-order valence-electron chi connectivity index (χ2n) is 7.65. The SMILES string of the molecule is CCOc1ccc(C2/C(=C(/O)c3cccc(OC)c3)C(=O)C(=O)N2CCOC(C)C)cc1. The lowest BCUT2D eigenvalue weighted by molar-refractivity contribution is -0.140. The van der Waals surface area contributed by atoms with Crippen molar-refractivity contribution in [1.29, 1.82) is 0 Å². The van der Waals surface area contributed by atoms with Crippen LogP contribution in [-0.2, 0) is 14.3 Å². The first-order valence-corrected chi connectivity index (χ1v) is 10.6. The zero-order valence-corrected chi connectivity index (χ0v) is 18.8. The Morgan fingerprint density at radius 3 is 2.44 bits per heavy atom. The fraction of sp³-hybridized carbons (Fsp3) is 0.360. The minimum Gasteiger partial charge on any atom is -0.507 e. The van der Waals surface area contributed by atoms with Crippen LogP contribution in [0.15, 0.2) is 54.1 Å². The molecule has 32 heavy (non-hydrogen) atoms. The van der Waals surface area contributed by atoms with Gasteiger partial charge in [0.1, 0.15) is 17.3 Å². The normalized spacial score (nSPS) is 17.8. The van der Waals surface area contributed by atoms with Crippen LogP contribution in [-0.4, -0.2) is 54.7 Å². The number of ether oxygens (including phenoxy) is 3. The molecule has 7 nitrogen and oxygen atoms in total. The molecule has 1 saturated heterocycles. The van der Waals surface area contributed by atoms with Crippen molar-refractivity contribution in [2.75, 3.05) is 26.9 Å². The van der Waals surface area contributed by atoms with Crippen LogP contribution in [0.3, 0.4) is 0 Å². The minimum atomic E-state index is -0.743. The molecule has 0 radical (unpaired) electrons. The molecule has 1 aliphatic heterocycles. The molecule has 1 atom stereocenters. The molecule has 0 bridgehead atoms. The summed E-state index contributed by atoms with van der Waals surface area (Å²) < 4.78 is 16.4. The maximum absolute atomic E-state index is 13.0. The van der Waals surface area contributed by atoms with Gasteiger partial charge in [-0.3, -0.25) is 9.59 Å². The highest BCUT2D eigenvalue weighted by Gasteiger charge is 2.45. The summed E-state index contributed by atoms with van der Waals surface area (Å²) in [7, 11) is 1.52. The van der Waals surface area contributed by atoms with Crippen LogP contribution in [0.25, 0.3) is 5.76 Å². The van der Waals surface area contributed by atoms with Gasteiger partial charge in [-0.1, -0.05) is 24.3 Å². The van der Waals surface area contributed by atoms with E-state index in [2.05, 4.69) is 0 Å². The zero-order chi connectivity index (χ0) is 23.3. The average molecular weight is 440 g/mol. The van der Waals surface area contributed by atoms with E-state index < -0.39 is 17.7 Å². The Balaban J connectivity index is 2.07. The highest BCUT2D eigenvalue weighted by Crippen LogP contribution is 2.40. The quantitative estimate of drug-likeness (QED) is 0.362. The second-order valence-corrected chi connectivity index (χ2v) is 7.65. The van der Waals surface area contributed by atoms with Crippen molar-refractivity contribution >= 4 is 17.4 Å². The van der Waals surface area contributed by atoms with E-state index in [4.69, 9.17) is 14.2 Å². The molecule has 1 aliphatic rings. The monoisotopic (exact) mass is 439 g/mol. The maximum atomic E-state index is 13.0. The first kappa shape index (κ1) is 23.3. The molecule has 1 heterocycles. The molecule has 170 valence electrons. The molecule has 3 rings (SSSR count). The Labute approximate surface area is 188 Å². The van der Waals surface area contributed by atoms with Gasteiger partial charge < -0.3 is 24.2 Å². The van der Waals surface area contributed by atoms with Crippen LogP contribution in [0.1, 0.15) is 37.9 Å². The Morgan fingerprint density at radius 2 is 1.81 bits per heavy atom. The largest absolute Gasteiger partial charge is 0.507 e. The molecular formula is C25H29NO6. The number of hydrogen-bond acceptors (Lipinski definition) is 6. The van der Waals surface area contributed by atoms with E-state index in [9.17, 15) is 14.7 Å². The number of hydrogen-bond donors (Lipinski definition) is 1. The number of methoxy groups -OCH3 is 1. The lowest BCUT2D eigenvalue weighted by Gasteiger charge is -2.26. The Bertz CT molecular complexity index is 996. The first-order chi connectivity index (χ1) is 15.4. The lowest BCUT2D eigenvalue weighted by atomic mass is 9.95. The van der Waals surface area contributed by atoms with Crippen LogP contribution in [0, 0.1) is 0 Å². The Morgan fingerprint density at radius 1 is 1.09 bits per heavy atom. The van der Waals surface area contributed by atoms with Crippen molar-refractivity contribution in [3.63, 3.8) is 0 Å². The van der Waals surface area contributed by atoms with Crippen LogP contribution >= 0.6 is 0 Å². The van der Waals surface area contributed by atoms with Gasteiger partial charge in [-0.15, -0.1) is 0 Å². The summed E-state index contributed by atoms with van der Waals surface area (Å²) in [6.45, 7) is 6.72. The van der Waals surface area contributed by atoms with E-state index >= 15 is 0 Å². The number of carbonyl (C=O) groups is 2. The molecule has 0 saturated carbocycles. The van der Waals surface area contributed by atoms with E-state index in [1.807, 2.05) is 20.8 Å². The summed E-state index contributed by atoms with van der Waals surface area (Å²) in [5.74, 6) is -0.418. The molecule has 0 aliphatic carbocycles. The van der Waals surface area contributed by atoms with Gasteiger partial charge in [-0.2, -0.15) is 0 Å². The number of benzene rings is 2. The van der Waals surface area contributed by atoms with E-state index in [0.717, 1.165) is 0 Å². The highest BCUT2D eigenvalue weighted by atomic mass is 16.5. The number of likely N-dealkylation sites (tertiary alicyclic amines) is 1.